The molecule has 0 bridgehead atoms. The Balaban J connectivity index is 0.000000120. The van der Waals surface area contributed by atoms with Gasteiger partial charge in [-0.2, -0.15) is 0 Å². The van der Waals surface area contributed by atoms with Crippen LogP contribution >= 0.6 is 0 Å². The van der Waals surface area contributed by atoms with Gasteiger partial charge in [-0.3, -0.25) is 0 Å². The van der Waals surface area contributed by atoms with Gasteiger partial charge in [0.15, 0.2) is 0 Å². The molecule has 8 aromatic rings. The van der Waals surface area contributed by atoms with Crippen molar-refractivity contribution in [2.45, 2.75) is 10.8 Å². The first-order valence-corrected chi connectivity index (χ1v) is 17.6. The van der Waals surface area contributed by atoms with Crippen LogP contribution in [-0.4, -0.2) is 0 Å². The minimum Gasteiger partial charge on any atom is -0.0619 e. The van der Waals surface area contributed by atoms with Crippen LogP contribution in [0.2, 0.25) is 0 Å². The summed E-state index contributed by atoms with van der Waals surface area (Å²) in [5.41, 5.74) is 21.8. The van der Waals surface area contributed by atoms with Gasteiger partial charge in [-0.05, 0) is 89.0 Å². The van der Waals surface area contributed by atoms with Gasteiger partial charge in [-0.25, -0.2) is 0 Å². The fourth-order valence-corrected chi connectivity index (χ4v) is 10.1. The Morgan fingerprint density at radius 1 is 0.160 bits per heavy atom. The first-order valence-electron chi connectivity index (χ1n) is 17.6. The predicted molar refractivity (Wildman–Crippen MR) is 205 cm³/mol. The Morgan fingerprint density at radius 2 is 0.280 bits per heavy atom. The highest BCUT2D eigenvalue weighted by atomic mass is 14.5. The molecule has 0 aliphatic heterocycles. The molecule has 8 aromatic carbocycles. The van der Waals surface area contributed by atoms with Crippen LogP contribution in [0.5, 0.6) is 0 Å². The second kappa shape index (κ2) is 10.1. The first kappa shape index (κ1) is 27.7. The van der Waals surface area contributed by atoms with Crippen LogP contribution in [0.1, 0.15) is 44.5 Å². The monoisotopic (exact) mass is 632 g/mol. The Morgan fingerprint density at radius 3 is 0.420 bits per heavy atom. The molecule has 0 heteroatoms. The molecule has 0 saturated heterocycles. The zero-order chi connectivity index (χ0) is 32.9. The Bertz CT molecular complexity index is 2110. The lowest BCUT2D eigenvalue weighted by Gasteiger charge is -2.30. The fraction of sp³-hybridized carbons (Fsp3) is 0.0400. The van der Waals surface area contributed by atoms with Gasteiger partial charge in [0, 0.05) is 0 Å². The summed E-state index contributed by atoms with van der Waals surface area (Å²) >= 11 is 0. The molecule has 0 unspecified atom stereocenters. The third-order valence-corrected chi connectivity index (χ3v) is 11.8. The van der Waals surface area contributed by atoms with Gasteiger partial charge in [0.05, 0.1) is 10.8 Å². The molecule has 232 valence electrons. The van der Waals surface area contributed by atoms with Gasteiger partial charge in [-0.1, -0.05) is 194 Å². The smallest absolute Gasteiger partial charge is 0.0619 e. The van der Waals surface area contributed by atoms with E-state index in [9.17, 15) is 0 Å². The lowest BCUT2D eigenvalue weighted by Crippen LogP contribution is -2.25. The summed E-state index contributed by atoms with van der Waals surface area (Å²) < 4.78 is 0. The topological polar surface area (TPSA) is 0 Å². The van der Waals surface area contributed by atoms with Crippen molar-refractivity contribution in [2.24, 2.45) is 0 Å². The molecule has 0 saturated carbocycles. The van der Waals surface area contributed by atoms with Crippen LogP contribution in [0.25, 0.3) is 44.5 Å². The van der Waals surface area contributed by atoms with Crippen LogP contribution in [0.15, 0.2) is 194 Å². The molecule has 50 heavy (non-hydrogen) atoms. The summed E-state index contributed by atoms with van der Waals surface area (Å²) in [5, 5.41) is 0. The summed E-state index contributed by atoms with van der Waals surface area (Å²) in [7, 11) is 0. The van der Waals surface area contributed by atoms with Gasteiger partial charge >= 0.3 is 0 Å². The summed E-state index contributed by atoms with van der Waals surface area (Å²) in [6.45, 7) is 0. The van der Waals surface area contributed by atoms with Crippen LogP contribution in [0.4, 0.5) is 0 Å². The molecule has 0 atom stereocenters. The van der Waals surface area contributed by atoms with Crippen LogP contribution in [0.3, 0.4) is 0 Å². The van der Waals surface area contributed by atoms with E-state index in [1.54, 1.807) is 0 Å². The fourth-order valence-electron chi connectivity index (χ4n) is 10.1. The Kier molecular flexibility index (Phi) is 5.61. The van der Waals surface area contributed by atoms with Crippen molar-refractivity contribution in [3.63, 3.8) is 0 Å². The standard InChI is InChI=1S/2C25H16/c2*1-5-13-21-17(9-1)18-10-2-6-14-22(18)25(21)23-15-7-3-11-19(23)20-12-4-8-16-24(20)25/h2*1-16H. The van der Waals surface area contributed by atoms with E-state index >= 15 is 0 Å². The van der Waals surface area contributed by atoms with E-state index in [2.05, 4.69) is 194 Å². The average molecular weight is 633 g/mol. The summed E-state index contributed by atoms with van der Waals surface area (Å²) in [4.78, 5) is 0. The molecule has 4 aliphatic carbocycles. The summed E-state index contributed by atoms with van der Waals surface area (Å²) in [6, 6.07) is 71.3. The van der Waals surface area contributed by atoms with E-state index in [1.165, 1.54) is 89.0 Å². The van der Waals surface area contributed by atoms with Crippen molar-refractivity contribution >= 4 is 0 Å². The molecule has 2 spiro atoms. The number of benzene rings is 8. The molecule has 0 aromatic heterocycles. The van der Waals surface area contributed by atoms with Gasteiger partial charge in [-0.15, -0.1) is 0 Å². The third kappa shape index (κ3) is 3.27. The maximum absolute atomic E-state index is 2.31. The van der Waals surface area contributed by atoms with Crippen LogP contribution < -0.4 is 0 Å². The van der Waals surface area contributed by atoms with Crippen molar-refractivity contribution in [3.05, 3.63) is 239 Å². The number of fused-ring (bicyclic) bond motifs is 20. The molecule has 0 nitrogen and oxygen atoms in total. The van der Waals surface area contributed by atoms with Crippen molar-refractivity contribution < 1.29 is 0 Å². The summed E-state index contributed by atoms with van der Waals surface area (Å²) in [5.74, 6) is 0. The van der Waals surface area contributed by atoms with Crippen molar-refractivity contribution in [2.75, 3.05) is 0 Å². The zero-order valence-electron chi connectivity index (χ0n) is 27.5. The van der Waals surface area contributed by atoms with E-state index in [0.717, 1.165) is 0 Å². The van der Waals surface area contributed by atoms with E-state index < -0.39 is 0 Å². The van der Waals surface area contributed by atoms with E-state index in [1.807, 2.05) is 0 Å². The Hall–Kier alpha value is -6.24. The van der Waals surface area contributed by atoms with Crippen molar-refractivity contribution in [1.29, 1.82) is 0 Å². The minimum atomic E-state index is -0.180. The lowest BCUT2D eigenvalue weighted by molar-refractivity contribution is 0.794. The van der Waals surface area contributed by atoms with Crippen LogP contribution in [-0.2, 0) is 10.8 Å². The molecule has 0 amide bonds. The van der Waals surface area contributed by atoms with Crippen molar-refractivity contribution in [3.8, 4) is 44.5 Å². The zero-order valence-corrected chi connectivity index (χ0v) is 27.5. The average Bonchev–Trinajstić information content (AvgIpc) is 3.88. The normalized spacial score (nSPS) is 14.7. The maximum Gasteiger partial charge on any atom is 0.0725 e. The quantitative estimate of drug-likeness (QED) is 0.156. The highest BCUT2D eigenvalue weighted by Crippen LogP contribution is 2.64. The second-order valence-electron chi connectivity index (χ2n) is 13.9. The van der Waals surface area contributed by atoms with E-state index in [4.69, 9.17) is 0 Å². The van der Waals surface area contributed by atoms with Crippen molar-refractivity contribution in [1.82, 2.24) is 0 Å². The molecule has 0 heterocycles. The molecule has 0 radical (unpaired) electrons. The molecular weight excluding hydrogens is 601 g/mol. The first-order chi connectivity index (χ1) is 24.8. The molecular formula is C50H32. The predicted octanol–water partition coefficient (Wildman–Crippen LogP) is 12.1. The van der Waals surface area contributed by atoms with Gasteiger partial charge in [0.2, 0.25) is 0 Å². The van der Waals surface area contributed by atoms with E-state index in [0.29, 0.717) is 0 Å². The lowest BCUT2D eigenvalue weighted by atomic mass is 9.70. The van der Waals surface area contributed by atoms with Gasteiger partial charge in [0.1, 0.15) is 0 Å². The molecule has 12 rings (SSSR count). The second-order valence-corrected chi connectivity index (χ2v) is 13.9. The minimum absolute atomic E-state index is 0.180. The third-order valence-electron chi connectivity index (χ3n) is 11.8. The number of rotatable bonds is 0. The highest BCUT2D eigenvalue weighted by molar-refractivity contribution is 5.96. The number of hydrogen-bond acceptors (Lipinski definition) is 0. The number of hydrogen-bond donors (Lipinski definition) is 0. The van der Waals surface area contributed by atoms with Gasteiger partial charge < -0.3 is 0 Å². The van der Waals surface area contributed by atoms with Crippen LogP contribution in [0, 0.1) is 0 Å². The van der Waals surface area contributed by atoms with Gasteiger partial charge in [0.25, 0.3) is 0 Å². The van der Waals surface area contributed by atoms with E-state index in [-0.39, 0.29) is 10.8 Å². The SMILES string of the molecule is c1ccc2c(c1)-c1ccccc1C21c2ccccc2-c2ccccc21.c1ccc2c(c1)-c1ccccc1C21c2ccccc2-c2ccccc21. The maximum atomic E-state index is 2.31. The summed E-state index contributed by atoms with van der Waals surface area (Å²) in [6.07, 6.45) is 0. The Labute approximate surface area is 293 Å². The molecule has 0 N–H and O–H groups in total. The molecule has 0 fully saturated rings. The molecule has 4 aliphatic rings. The largest absolute Gasteiger partial charge is 0.0725 e. The highest BCUT2D eigenvalue weighted by Gasteiger charge is 2.52.